The second-order valence-electron chi connectivity index (χ2n) is 9.83. The summed E-state index contributed by atoms with van der Waals surface area (Å²) in [5.41, 5.74) is 2.21. The molecular weight excluding hydrogens is 609 g/mol. The Morgan fingerprint density at radius 1 is 0.711 bits per heavy atom. The molecule has 0 aliphatic rings. The molecule has 5 aromatic rings. The van der Waals surface area contributed by atoms with Crippen molar-refractivity contribution in [3.8, 4) is 0 Å². The van der Waals surface area contributed by atoms with Crippen LogP contribution in [0.4, 0.5) is 11.4 Å². The maximum atomic E-state index is 13.5. The number of fused-ring (bicyclic) bond motifs is 1. The third-order valence-corrected chi connectivity index (χ3v) is 8.54. The molecular formula is C34H28N4O5S2. The fourth-order valence-corrected chi connectivity index (χ4v) is 5.59. The van der Waals surface area contributed by atoms with Crippen LogP contribution in [0.3, 0.4) is 0 Å². The summed E-state index contributed by atoms with van der Waals surface area (Å²) in [6.45, 7) is 0. The molecule has 0 unspecified atom stereocenters. The number of nitrogens with one attached hydrogen (secondary N) is 3. The van der Waals surface area contributed by atoms with E-state index in [-0.39, 0.29) is 22.3 Å². The van der Waals surface area contributed by atoms with Crippen molar-refractivity contribution in [3.63, 3.8) is 0 Å². The maximum Gasteiger partial charge on any atom is 0.272 e. The molecule has 11 heteroatoms. The minimum Gasteiger partial charge on any atom is -0.325 e. The first-order chi connectivity index (χ1) is 21.7. The quantitative estimate of drug-likeness (QED) is 0.115. The molecule has 3 amide bonds. The Kier molecular flexibility index (Phi) is 9.73. The third-order valence-electron chi connectivity index (χ3n) is 6.60. The van der Waals surface area contributed by atoms with Gasteiger partial charge in [0.05, 0.1) is 10.6 Å². The van der Waals surface area contributed by atoms with Crippen LogP contribution in [0, 0.1) is 0 Å². The first-order valence-electron chi connectivity index (χ1n) is 13.7. The van der Waals surface area contributed by atoms with E-state index in [1.165, 1.54) is 36.0 Å². The normalized spacial score (nSPS) is 11.5. The van der Waals surface area contributed by atoms with Crippen molar-refractivity contribution in [1.82, 2.24) is 5.32 Å². The smallest absolute Gasteiger partial charge is 0.272 e. The van der Waals surface area contributed by atoms with Crippen LogP contribution < -0.4 is 21.1 Å². The average molecular weight is 637 g/mol. The summed E-state index contributed by atoms with van der Waals surface area (Å²) >= 11 is 1.29. The number of sulfonamides is 1. The lowest BCUT2D eigenvalue weighted by Gasteiger charge is -2.12. The van der Waals surface area contributed by atoms with Gasteiger partial charge in [-0.05, 0) is 83.1 Å². The summed E-state index contributed by atoms with van der Waals surface area (Å²) < 4.78 is 22.8. The fourth-order valence-electron chi connectivity index (χ4n) is 4.38. The molecule has 0 heterocycles. The van der Waals surface area contributed by atoms with Gasteiger partial charge in [-0.2, -0.15) is 0 Å². The molecule has 0 atom stereocenters. The number of amides is 3. The average Bonchev–Trinajstić information content (AvgIpc) is 3.04. The lowest BCUT2D eigenvalue weighted by Crippen LogP contribution is -2.30. The van der Waals surface area contributed by atoms with E-state index in [0.717, 1.165) is 21.2 Å². The number of primary sulfonamides is 1. The summed E-state index contributed by atoms with van der Waals surface area (Å²) in [4.78, 5) is 39.6. The van der Waals surface area contributed by atoms with Gasteiger partial charge in [0.15, 0.2) is 0 Å². The Morgan fingerprint density at radius 2 is 1.33 bits per heavy atom. The van der Waals surface area contributed by atoms with E-state index < -0.39 is 21.8 Å². The number of carbonyl (C=O) groups is 3. The van der Waals surface area contributed by atoms with Gasteiger partial charge in [-0.25, -0.2) is 13.6 Å². The molecule has 0 aliphatic carbocycles. The van der Waals surface area contributed by atoms with Gasteiger partial charge in [0.2, 0.25) is 15.9 Å². The number of carbonyl (C=O) groups excluding carboxylic acids is 3. The van der Waals surface area contributed by atoms with Crippen molar-refractivity contribution in [2.24, 2.45) is 5.14 Å². The second-order valence-corrected chi connectivity index (χ2v) is 12.4. The number of hydrogen-bond donors (Lipinski definition) is 4. The Hall–Kier alpha value is -5.23. The molecule has 0 bridgehead atoms. The topological polar surface area (TPSA) is 147 Å². The van der Waals surface area contributed by atoms with Crippen LogP contribution in [0.1, 0.15) is 15.9 Å². The van der Waals surface area contributed by atoms with Gasteiger partial charge < -0.3 is 16.0 Å². The highest BCUT2D eigenvalue weighted by Crippen LogP contribution is 2.23. The monoisotopic (exact) mass is 636 g/mol. The zero-order valence-electron chi connectivity index (χ0n) is 23.8. The summed E-state index contributed by atoms with van der Waals surface area (Å²) in [5, 5.41) is 15.4. The Labute approximate surface area is 264 Å². The molecule has 45 heavy (non-hydrogen) atoms. The molecule has 0 fully saturated rings. The minimum absolute atomic E-state index is 0.0446. The van der Waals surface area contributed by atoms with Crippen LogP contribution in [0.25, 0.3) is 16.8 Å². The summed E-state index contributed by atoms with van der Waals surface area (Å²) in [5.74, 6) is -1.09. The van der Waals surface area contributed by atoms with Crippen molar-refractivity contribution in [1.29, 1.82) is 0 Å². The van der Waals surface area contributed by atoms with Crippen LogP contribution in [0.2, 0.25) is 0 Å². The van der Waals surface area contributed by atoms with E-state index in [1.807, 2.05) is 48.5 Å². The minimum atomic E-state index is -3.81. The van der Waals surface area contributed by atoms with Gasteiger partial charge >= 0.3 is 0 Å². The molecule has 5 rings (SSSR count). The van der Waals surface area contributed by atoms with Crippen molar-refractivity contribution in [2.45, 2.75) is 9.79 Å². The van der Waals surface area contributed by atoms with E-state index in [4.69, 9.17) is 5.14 Å². The first kappa shape index (κ1) is 31.2. The van der Waals surface area contributed by atoms with Crippen LogP contribution in [0.15, 0.2) is 137 Å². The first-order valence-corrected chi connectivity index (χ1v) is 16.2. The molecule has 5 aromatic carbocycles. The fraction of sp³-hybridized carbons (Fsp3) is 0.0294. The molecule has 0 spiro atoms. The van der Waals surface area contributed by atoms with Crippen LogP contribution in [0.5, 0.6) is 0 Å². The van der Waals surface area contributed by atoms with Crippen LogP contribution in [-0.4, -0.2) is 31.9 Å². The summed E-state index contributed by atoms with van der Waals surface area (Å²) in [7, 11) is -3.81. The number of nitrogens with two attached hydrogens (primary N) is 1. The number of rotatable bonds is 10. The van der Waals surface area contributed by atoms with E-state index in [2.05, 4.69) is 16.0 Å². The number of thioether (sulfide) groups is 1. The molecule has 0 saturated carbocycles. The van der Waals surface area contributed by atoms with Gasteiger partial charge in [0, 0.05) is 21.8 Å². The van der Waals surface area contributed by atoms with Crippen LogP contribution in [-0.2, 0) is 19.6 Å². The molecule has 0 aromatic heterocycles. The second kappa shape index (κ2) is 14.0. The highest BCUT2D eigenvalue weighted by molar-refractivity contribution is 8.00. The Bertz CT molecular complexity index is 1990. The molecule has 9 nitrogen and oxygen atoms in total. The Balaban J connectivity index is 1.26. The summed E-state index contributed by atoms with van der Waals surface area (Å²) in [6.07, 6.45) is 1.66. The largest absolute Gasteiger partial charge is 0.325 e. The SMILES string of the molecule is NS(=O)(=O)c1ccc(NC(=O)CSc2ccc(NC(=O)/C(=C/c3cccc4ccccc34)NC(=O)c3ccccc3)cc2)cc1. The molecule has 226 valence electrons. The molecule has 5 N–H and O–H groups in total. The van der Waals surface area contributed by atoms with E-state index in [0.29, 0.717) is 16.9 Å². The number of benzene rings is 5. The van der Waals surface area contributed by atoms with Crippen molar-refractivity contribution in [3.05, 3.63) is 138 Å². The molecule has 0 radical (unpaired) electrons. The van der Waals surface area contributed by atoms with Crippen molar-refractivity contribution < 1.29 is 22.8 Å². The lowest BCUT2D eigenvalue weighted by atomic mass is 10.0. The highest BCUT2D eigenvalue weighted by atomic mass is 32.2. The number of hydrogen-bond acceptors (Lipinski definition) is 6. The summed E-state index contributed by atoms with van der Waals surface area (Å²) in [6, 6.07) is 34.7. The lowest BCUT2D eigenvalue weighted by molar-refractivity contribution is -0.114. The third kappa shape index (κ3) is 8.45. The van der Waals surface area contributed by atoms with Gasteiger partial charge in [-0.3, -0.25) is 14.4 Å². The highest BCUT2D eigenvalue weighted by Gasteiger charge is 2.16. The van der Waals surface area contributed by atoms with Gasteiger partial charge in [0.25, 0.3) is 11.8 Å². The zero-order valence-corrected chi connectivity index (χ0v) is 25.4. The number of anilines is 2. The van der Waals surface area contributed by atoms with Crippen molar-refractivity contribution >= 4 is 67.7 Å². The molecule has 0 aliphatic heterocycles. The Morgan fingerprint density at radius 3 is 2.04 bits per heavy atom. The predicted molar refractivity (Wildman–Crippen MR) is 178 cm³/mol. The van der Waals surface area contributed by atoms with Gasteiger partial charge in [-0.15, -0.1) is 11.8 Å². The predicted octanol–water partition coefficient (Wildman–Crippen LogP) is 5.63. The standard InChI is InChI=1S/C34H28N4O5S2/c35-45(42,43)29-19-15-26(16-20-29)36-32(39)22-44-28-17-13-27(14-18-28)37-34(41)31(38-33(40)24-8-2-1-3-9-24)21-25-11-6-10-23-7-4-5-12-30(23)25/h1-21H,22H2,(H,36,39)(H,37,41)(H,38,40)(H2,35,42,43)/b31-21-. The van der Waals surface area contributed by atoms with E-state index in [1.54, 1.807) is 54.6 Å². The van der Waals surface area contributed by atoms with E-state index in [9.17, 15) is 22.8 Å². The van der Waals surface area contributed by atoms with E-state index >= 15 is 0 Å². The van der Waals surface area contributed by atoms with Gasteiger partial charge in [-0.1, -0.05) is 60.7 Å². The van der Waals surface area contributed by atoms with Crippen LogP contribution >= 0.6 is 11.8 Å². The van der Waals surface area contributed by atoms with Crippen molar-refractivity contribution in [2.75, 3.05) is 16.4 Å². The van der Waals surface area contributed by atoms with Gasteiger partial charge in [0.1, 0.15) is 5.70 Å². The maximum absolute atomic E-state index is 13.5. The zero-order chi connectivity index (χ0) is 31.8. The molecule has 0 saturated heterocycles.